The highest BCUT2D eigenvalue weighted by Gasteiger charge is 2.35. The van der Waals surface area contributed by atoms with Crippen LogP contribution in [-0.4, -0.2) is 28.7 Å². The van der Waals surface area contributed by atoms with Crippen molar-refractivity contribution in [1.29, 1.82) is 0 Å². The van der Waals surface area contributed by atoms with Gasteiger partial charge in [-0.3, -0.25) is 9.59 Å². The number of methoxy groups -OCH3 is 1. The number of carbonyl (C=O) groups excluding carboxylic acids is 2. The minimum absolute atomic E-state index is 0.266. The summed E-state index contributed by atoms with van der Waals surface area (Å²) >= 11 is 0. The first-order valence-corrected chi connectivity index (χ1v) is 12.3. The summed E-state index contributed by atoms with van der Waals surface area (Å²) < 4.78 is 6.92. The lowest BCUT2D eigenvalue weighted by Gasteiger charge is -2.30. The molecule has 1 aromatic heterocycles. The van der Waals surface area contributed by atoms with E-state index in [4.69, 9.17) is 4.74 Å². The predicted molar refractivity (Wildman–Crippen MR) is 149 cm³/mol. The highest BCUT2D eigenvalue weighted by molar-refractivity contribution is 6.09. The Bertz CT molecular complexity index is 1540. The van der Waals surface area contributed by atoms with Gasteiger partial charge in [0.15, 0.2) is 0 Å². The third-order valence-corrected chi connectivity index (χ3v) is 6.53. The normalized spacial score (nSPS) is 14.4. The molecular formula is C30H29N5O3. The zero-order valence-electron chi connectivity index (χ0n) is 21.7. The Morgan fingerprint density at radius 1 is 0.868 bits per heavy atom. The van der Waals surface area contributed by atoms with Gasteiger partial charge in [-0.15, -0.1) is 0 Å². The maximum Gasteiger partial charge on any atom is 0.261 e. The smallest absolute Gasteiger partial charge is 0.261 e. The number of benzene rings is 3. The van der Waals surface area contributed by atoms with E-state index in [-0.39, 0.29) is 11.8 Å². The van der Waals surface area contributed by atoms with Crippen molar-refractivity contribution < 1.29 is 14.3 Å². The molecule has 0 spiro atoms. The fourth-order valence-corrected chi connectivity index (χ4v) is 4.57. The Hall–Kier alpha value is -4.85. The fourth-order valence-electron chi connectivity index (χ4n) is 4.57. The van der Waals surface area contributed by atoms with Gasteiger partial charge in [-0.25, -0.2) is 4.68 Å². The molecule has 5 rings (SSSR count). The van der Waals surface area contributed by atoms with Crippen molar-refractivity contribution in [2.75, 3.05) is 23.1 Å². The fraction of sp³-hybridized carbons (Fsp3) is 0.167. The molecule has 8 nitrogen and oxygen atoms in total. The second-order valence-electron chi connectivity index (χ2n) is 9.33. The Kier molecular flexibility index (Phi) is 6.70. The lowest BCUT2D eigenvalue weighted by atomic mass is 9.94. The van der Waals surface area contributed by atoms with Crippen LogP contribution in [0.5, 0.6) is 5.75 Å². The van der Waals surface area contributed by atoms with Crippen molar-refractivity contribution >= 4 is 29.0 Å². The number of hydrogen-bond donors (Lipinski definition) is 3. The van der Waals surface area contributed by atoms with Crippen molar-refractivity contribution in [2.45, 2.75) is 26.8 Å². The van der Waals surface area contributed by atoms with E-state index in [1.54, 1.807) is 36.1 Å². The summed E-state index contributed by atoms with van der Waals surface area (Å²) in [5, 5.41) is 13.8. The first-order valence-electron chi connectivity index (χ1n) is 12.3. The number of aryl methyl sites for hydroxylation is 2. The zero-order chi connectivity index (χ0) is 26.8. The molecule has 1 unspecified atom stereocenters. The summed E-state index contributed by atoms with van der Waals surface area (Å²) in [5.74, 6) is 0.677. The molecule has 0 saturated carbocycles. The van der Waals surface area contributed by atoms with E-state index in [9.17, 15) is 9.59 Å². The van der Waals surface area contributed by atoms with Crippen molar-refractivity contribution in [3.63, 3.8) is 0 Å². The number of amides is 2. The summed E-state index contributed by atoms with van der Waals surface area (Å²) in [5.41, 5.74) is 5.90. The third kappa shape index (κ3) is 4.88. The Morgan fingerprint density at radius 3 is 2.26 bits per heavy atom. The van der Waals surface area contributed by atoms with E-state index in [1.807, 2.05) is 69.3 Å². The van der Waals surface area contributed by atoms with Gasteiger partial charge < -0.3 is 20.7 Å². The van der Waals surface area contributed by atoms with E-state index in [0.717, 1.165) is 16.7 Å². The molecule has 3 N–H and O–H groups in total. The van der Waals surface area contributed by atoms with Crippen LogP contribution in [0.15, 0.2) is 90.3 Å². The SMILES string of the molecule is COc1ccc(NC(=O)C2=C(C)Nc3c(C(=O)Nc4cccc(C)c4)cnn3C2c2ccc(C)cc2)cc1. The molecule has 0 radical (unpaired) electrons. The summed E-state index contributed by atoms with van der Waals surface area (Å²) in [6.07, 6.45) is 1.53. The Morgan fingerprint density at radius 2 is 1.58 bits per heavy atom. The topological polar surface area (TPSA) is 97.3 Å². The molecule has 0 bridgehead atoms. The number of carbonyl (C=O) groups is 2. The van der Waals surface area contributed by atoms with Gasteiger partial charge in [0.25, 0.3) is 11.8 Å². The van der Waals surface area contributed by atoms with Crippen LogP contribution in [0.2, 0.25) is 0 Å². The zero-order valence-corrected chi connectivity index (χ0v) is 21.7. The summed E-state index contributed by atoms with van der Waals surface area (Å²) in [6, 6.07) is 22.2. The summed E-state index contributed by atoms with van der Waals surface area (Å²) in [4.78, 5) is 26.9. The van der Waals surface area contributed by atoms with Crippen LogP contribution in [-0.2, 0) is 4.79 Å². The molecular weight excluding hydrogens is 478 g/mol. The molecule has 38 heavy (non-hydrogen) atoms. The number of allylic oxidation sites excluding steroid dienone is 1. The van der Waals surface area contributed by atoms with Gasteiger partial charge in [0.05, 0.1) is 18.9 Å². The van der Waals surface area contributed by atoms with Gasteiger partial charge in [0.1, 0.15) is 23.2 Å². The second kappa shape index (κ2) is 10.3. The molecule has 2 heterocycles. The van der Waals surface area contributed by atoms with E-state index in [2.05, 4.69) is 21.0 Å². The van der Waals surface area contributed by atoms with Gasteiger partial charge in [-0.1, -0.05) is 42.0 Å². The van der Waals surface area contributed by atoms with Gasteiger partial charge in [0, 0.05) is 17.1 Å². The molecule has 0 saturated heterocycles. The Balaban J connectivity index is 1.52. The first kappa shape index (κ1) is 24.8. The molecule has 8 heteroatoms. The highest BCUT2D eigenvalue weighted by atomic mass is 16.5. The second-order valence-corrected chi connectivity index (χ2v) is 9.33. The standard InChI is InChI=1S/C30H29N5O3/c1-18-8-10-21(11-9-18)27-26(30(37)33-22-12-14-24(38-4)15-13-22)20(3)32-28-25(17-31-35(27)28)29(36)34-23-7-5-6-19(2)16-23/h5-17,27,32H,1-4H3,(H,33,37)(H,34,36). The molecule has 1 aliphatic rings. The van der Waals surface area contributed by atoms with Crippen molar-refractivity contribution in [1.82, 2.24) is 9.78 Å². The maximum absolute atomic E-state index is 13.6. The number of fused-ring (bicyclic) bond motifs is 1. The molecule has 1 atom stereocenters. The van der Waals surface area contributed by atoms with Gasteiger partial charge in [-0.2, -0.15) is 5.10 Å². The largest absolute Gasteiger partial charge is 0.497 e. The first-order chi connectivity index (χ1) is 18.3. The molecule has 1 aliphatic heterocycles. The molecule has 2 amide bonds. The molecule has 192 valence electrons. The minimum atomic E-state index is -0.536. The highest BCUT2D eigenvalue weighted by Crippen LogP contribution is 2.38. The summed E-state index contributed by atoms with van der Waals surface area (Å²) in [6.45, 7) is 5.82. The van der Waals surface area contributed by atoms with Crippen LogP contribution >= 0.6 is 0 Å². The number of rotatable bonds is 6. The molecule has 0 aliphatic carbocycles. The van der Waals surface area contributed by atoms with Gasteiger partial charge >= 0.3 is 0 Å². The van der Waals surface area contributed by atoms with Crippen LogP contribution in [0.3, 0.4) is 0 Å². The number of nitrogens with one attached hydrogen (secondary N) is 3. The number of hydrogen-bond acceptors (Lipinski definition) is 5. The number of aromatic nitrogens is 2. The van der Waals surface area contributed by atoms with E-state index < -0.39 is 6.04 Å². The van der Waals surface area contributed by atoms with Crippen LogP contribution in [0.4, 0.5) is 17.2 Å². The van der Waals surface area contributed by atoms with Crippen LogP contribution < -0.4 is 20.7 Å². The quantitative estimate of drug-likeness (QED) is 0.312. The molecule has 4 aromatic rings. The predicted octanol–water partition coefficient (Wildman–Crippen LogP) is 5.69. The maximum atomic E-state index is 13.6. The monoisotopic (exact) mass is 507 g/mol. The lowest BCUT2D eigenvalue weighted by Crippen LogP contribution is -2.32. The van der Waals surface area contributed by atoms with Crippen molar-refractivity contribution in [3.05, 3.63) is 113 Å². The Labute approximate surface area is 221 Å². The van der Waals surface area contributed by atoms with Gasteiger partial charge in [-0.05, 0) is 68.3 Å². The van der Waals surface area contributed by atoms with Crippen LogP contribution in [0, 0.1) is 13.8 Å². The number of anilines is 3. The van der Waals surface area contributed by atoms with Crippen LogP contribution in [0.1, 0.15) is 40.0 Å². The average molecular weight is 508 g/mol. The number of ether oxygens (including phenoxy) is 1. The third-order valence-electron chi connectivity index (χ3n) is 6.53. The van der Waals surface area contributed by atoms with Crippen molar-refractivity contribution in [2.24, 2.45) is 0 Å². The molecule has 3 aromatic carbocycles. The van der Waals surface area contributed by atoms with E-state index >= 15 is 0 Å². The number of nitrogens with zero attached hydrogens (tertiary/aromatic N) is 2. The average Bonchev–Trinajstić information content (AvgIpc) is 3.32. The minimum Gasteiger partial charge on any atom is -0.497 e. The molecule has 0 fully saturated rings. The van der Waals surface area contributed by atoms with E-state index in [0.29, 0.717) is 39.8 Å². The lowest BCUT2D eigenvalue weighted by molar-refractivity contribution is -0.113. The summed E-state index contributed by atoms with van der Waals surface area (Å²) in [7, 11) is 1.60. The van der Waals surface area contributed by atoms with Crippen molar-refractivity contribution in [3.8, 4) is 5.75 Å². The van der Waals surface area contributed by atoms with Gasteiger partial charge in [0.2, 0.25) is 0 Å². The van der Waals surface area contributed by atoms with E-state index in [1.165, 1.54) is 6.20 Å². The van der Waals surface area contributed by atoms with Crippen LogP contribution in [0.25, 0.3) is 0 Å².